The van der Waals surface area contributed by atoms with Crippen LogP contribution in [0.5, 0.6) is 5.75 Å². The van der Waals surface area contributed by atoms with Gasteiger partial charge in [-0.05, 0) is 56.0 Å². The molecule has 2 aromatic rings. The predicted molar refractivity (Wildman–Crippen MR) is 114 cm³/mol. The lowest BCUT2D eigenvalue weighted by atomic mass is 9.91. The summed E-state index contributed by atoms with van der Waals surface area (Å²) in [6.45, 7) is 8.30. The molecule has 1 amide bonds. The molecule has 0 bridgehead atoms. The molecule has 1 aromatic carbocycles. The average Bonchev–Trinajstić information content (AvgIpc) is 2.70. The highest BCUT2D eigenvalue weighted by Gasteiger charge is 2.32. The summed E-state index contributed by atoms with van der Waals surface area (Å²) in [5.41, 5.74) is 6.11. The summed E-state index contributed by atoms with van der Waals surface area (Å²) in [6, 6.07) is 11.1. The Hall–Kier alpha value is -2.44. The number of hydrogen-bond donors (Lipinski definition) is 3. The number of benzene rings is 1. The van der Waals surface area contributed by atoms with Gasteiger partial charge in [-0.25, -0.2) is 0 Å². The summed E-state index contributed by atoms with van der Waals surface area (Å²) < 4.78 is 5.84. The fourth-order valence-corrected chi connectivity index (χ4v) is 3.17. The third kappa shape index (κ3) is 6.84. The Labute approximate surface area is 173 Å². The summed E-state index contributed by atoms with van der Waals surface area (Å²) in [4.78, 5) is 16.8. The summed E-state index contributed by atoms with van der Waals surface area (Å²) in [6.07, 6.45) is 3.86. The van der Waals surface area contributed by atoms with Gasteiger partial charge in [-0.1, -0.05) is 38.5 Å². The summed E-state index contributed by atoms with van der Waals surface area (Å²) in [5, 5.41) is 13.5. The normalized spacial score (nSPS) is 14.7. The smallest absolute Gasteiger partial charge is 0.243 e. The first-order chi connectivity index (χ1) is 13.7. The Balaban J connectivity index is 2.09. The van der Waals surface area contributed by atoms with Crippen molar-refractivity contribution in [1.29, 1.82) is 0 Å². The highest BCUT2D eigenvalue weighted by Crippen LogP contribution is 2.28. The van der Waals surface area contributed by atoms with Gasteiger partial charge in [0.25, 0.3) is 0 Å². The molecule has 0 aliphatic heterocycles. The number of rotatable bonds is 10. The molecular formula is C23H33N3O3. The van der Waals surface area contributed by atoms with Crippen LogP contribution < -0.4 is 15.8 Å². The van der Waals surface area contributed by atoms with Crippen molar-refractivity contribution in [3.8, 4) is 5.75 Å². The van der Waals surface area contributed by atoms with Gasteiger partial charge >= 0.3 is 0 Å². The van der Waals surface area contributed by atoms with Crippen LogP contribution in [0, 0.1) is 5.92 Å². The van der Waals surface area contributed by atoms with Crippen LogP contribution in [0.15, 0.2) is 48.7 Å². The van der Waals surface area contributed by atoms with Crippen molar-refractivity contribution in [3.63, 3.8) is 0 Å². The van der Waals surface area contributed by atoms with Gasteiger partial charge < -0.3 is 20.9 Å². The fraction of sp³-hybridized carbons (Fsp3) is 0.478. The topological polar surface area (TPSA) is 97.5 Å². The molecule has 6 nitrogen and oxygen atoms in total. The minimum atomic E-state index is -1.18. The largest absolute Gasteiger partial charge is 0.493 e. The molecule has 0 spiro atoms. The maximum atomic E-state index is 12.7. The van der Waals surface area contributed by atoms with Gasteiger partial charge in [-0.15, -0.1) is 0 Å². The first kappa shape index (κ1) is 22.8. The molecule has 4 N–H and O–H groups in total. The monoisotopic (exact) mass is 399 g/mol. The van der Waals surface area contributed by atoms with E-state index in [1.807, 2.05) is 24.3 Å². The average molecular weight is 400 g/mol. The number of nitrogens with two attached hydrogens (primary N) is 1. The zero-order valence-corrected chi connectivity index (χ0v) is 17.8. The van der Waals surface area contributed by atoms with E-state index >= 15 is 0 Å². The summed E-state index contributed by atoms with van der Waals surface area (Å²) in [7, 11) is 0. The molecule has 0 radical (unpaired) electrons. The molecule has 1 aromatic heterocycles. The second-order valence-corrected chi connectivity index (χ2v) is 8.10. The van der Waals surface area contributed by atoms with Crippen LogP contribution in [0.1, 0.15) is 63.9 Å². The van der Waals surface area contributed by atoms with Gasteiger partial charge in [0.1, 0.15) is 11.8 Å². The van der Waals surface area contributed by atoms with Crippen LogP contribution in [0.4, 0.5) is 0 Å². The van der Waals surface area contributed by atoms with Crippen molar-refractivity contribution < 1.29 is 14.6 Å². The number of carbonyl (C=O) groups excluding carboxylic acids is 1. The SMILES string of the molecule is CCCC(C)COc1ccc([C@@H](NC(=O)C(N)c2ccccn2)C(C)(C)O)cc1. The molecule has 1 heterocycles. The maximum Gasteiger partial charge on any atom is 0.243 e. The Bertz CT molecular complexity index is 757. The van der Waals surface area contributed by atoms with Gasteiger partial charge in [-0.3, -0.25) is 9.78 Å². The lowest BCUT2D eigenvalue weighted by Gasteiger charge is -2.31. The van der Waals surface area contributed by atoms with E-state index in [2.05, 4.69) is 24.1 Å². The van der Waals surface area contributed by atoms with E-state index in [-0.39, 0.29) is 0 Å². The first-order valence-electron chi connectivity index (χ1n) is 10.1. The number of carbonyl (C=O) groups is 1. The summed E-state index contributed by atoms with van der Waals surface area (Å²) >= 11 is 0. The number of hydrogen-bond acceptors (Lipinski definition) is 5. The fourth-order valence-electron chi connectivity index (χ4n) is 3.17. The van der Waals surface area contributed by atoms with Crippen molar-refractivity contribution in [3.05, 3.63) is 59.9 Å². The van der Waals surface area contributed by atoms with Crippen molar-refractivity contribution in [2.24, 2.45) is 11.7 Å². The number of ether oxygens (including phenoxy) is 1. The molecule has 0 saturated carbocycles. The van der Waals surface area contributed by atoms with Crippen molar-refractivity contribution in [1.82, 2.24) is 10.3 Å². The number of pyridine rings is 1. The number of amides is 1. The maximum absolute atomic E-state index is 12.7. The molecule has 0 saturated heterocycles. The van der Waals surface area contributed by atoms with Crippen molar-refractivity contribution >= 4 is 5.91 Å². The predicted octanol–water partition coefficient (Wildman–Crippen LogP) is 3.52. The zero-order chi connectivity index (χ0) is 21.4. The Morgan fingerprint density at radius 2 is 1.93 bits per heavy atom. The molecule has 2 rings (SSSR count). The van der Waals surface area contributed by atoms with Crippen LogP contribution in [0.2, 0.25) is 0 Å². The van der Waals surface area contributed by atoms with E-state index in [1.54, 1.807) is 38.2 Å². The standard InChI is InChI=1S/C23H33N3O3/c1-5-8-16(2)15-29-18-12-10-17(11-13-18)21(23(3,4)28)26-22(27)20(24)19-9-6-7-14-25-19/h6-7,9-14,16,20-21,28H,5,8,15,24H2,1-4H3,(H,26,27)/t16?,20?,21-/m1/s1. The van der Waals surface area contributed by atoms with Crippen LogP contribution in [-0.4, -0.2) is 28.2 Å². The Morgan fingerprint density at radius 3 is 2.48 bits per heavy atom. The van der Waals surface area contributed by atoms with Crippen LogP contribution in [0.3, 0.4) is 0 Å². The van der Waals surface area contributed by atoms with E-state index < -0.39 is 23.6 Å². The first-order valence-corrected chi connectivity index (χ1v) is 10.1. The Morgan fingerprint density at radius 1 is 1.24 bits per heavy atom. The molecule has 29 heavy (non-hydrogen) atoms. The molecule has 0 aliphatic rings. The Kier molecular flexibility index (Phi) is 8.17. The zero-order valence-electron chi connectivity index (χ0n) is 17.8. The van der Waals surface area contributed by atoms with Gasteiger partial charge in [0.15, 0.2) is 0 Å². The number of nitrogens with zero attached hydrogens (tertiary/aromatic N) is 1. The van der Waals surface area contributed by atoms with E-state index in [1.165, 1.54) is 0 Å². The quantitative estimate of drug-likeness (QED) is 0.568. The number of aliphatic hydroxyl groups is 1. The second kappa shape index (κ2) is 10.4. The van der Waals surface area contributed by atoms with Gasteiger partial charge in [0.05, 0.1) is 23.9 Å². The molecule has 3 atom stereocenters. The van der Waals surface area contributed by atoms with Crippen molar-refractivity contribution in [2.45, 2.75) is 58.2 Å². The van der Waals surface area contributed by atoms with E-state index in [4.69, 9.17) is 10.5 Å². The minimum absolute atomic E-state index is 0.399. The van der Waals surface area contributed by atoms with Crippen LogP contribution in [0.25, 0.3) is 0 Å². The molecule has 0 aliphatic carbocycles. The third-order valence-corrected chi connectivity index (χ3v) is 4.81. The molecule has 2 unspecified atom stereocenters. The van der Waals surface area contributed by atoms with E-state index in [9.17, 15) is 9.90 Å². The molecule has 0 fully saturated rings. The van der Waals surface area contributed by atoms with Gasteiger partial charge in [0.2, 0.25) is 5.91 Å². The van der Waals surface area contributed by atoms with Gasteiger partial charge in [-0.2, -0.15) is 0 Å². The minimum Gasteiger partial charge on any atom is -0.493 e. The van der Waals surface area contributed by atoms with E-state index in [0.717, 1.165) is 24.2 Å². The van der Waals surface area contributed by atoms with Crippen LogP contribution in [-0.2, 0) is 4.79 Å². The lowest BCUT2D eigenvalue weighted by molar-refractivity contribution is -0.125. The van der Waals surface area contributed by atoms with Crippen LogP contribution >= 0.6 is 0 Å². The second-order valence-electron chi connectivity index (χ2n) is 8.10. The highest BCUT2D eigenvalue weighted by atomic mass is 16.5. The number of nitrogens with one attached hydrogen (secondary N) is 1. The molecule has 158 valence electrons. The van der Waals surface area contributed by atoms with Crippen molar-refractivity contribution in [2.75, 3.05) is 6.61 Å². The summed E-state index contributed by atoms with van der Waals surface area (Å²) in [5.74, 6) is 0.864. The molecule has 6 heteroatoms. The lowest BCUT2D eigenvalue weighted by Crippen LogP contribution is -2.45. The highest BCUT2D eigenvalue weighted by molar-refractivity contribution is 5.83. The van der Waals surface area contributed by atoms with Gasteiger partial charge in [0, 0.05) is 6.20 Å². The number of aromatic nitrogens is 1. The third-order valence-electron chi connectivity index (χ3n) is 4.81. The molecular weight excluding hydrogens is 366 g/mol. The van der Waals surface area contributed by atoms with E-state index in [0.29, 0.717) is 18.2 Å².